The minimum absolute atomic E-state index is 0.386. The van der Waals surface area contributed by atoms with E-state index in [1.807, 2.05) is 0 Å². The summed E-state index contributed by atoms with van der Waals surface area (Å²) >= 11 is 0. The molecule has 3 atom stereocenters. The van der Waals surface area contributed by atoms with Crippen molar-refractivity contribution in [3.05, 3.63) is 35.9 Å². The molecular formula is C15H24N2OS. The van der Waals surface area contributed by atoms with Crippen molar-refractivity contribution in [2.45, 2.75) is 25.4 Å². The standard InChI is InChI=1S/C15H24N2OS/c1-13(12-19(2)18)17-10-6-9-16-15(11-17)14-7-4-3-5-8-14/h3-5,7-8,13,15-16H,6,9-12H2,1-2H3. The van der Waals surface area contributed by atoms with E-state index in [1.54, 1.807) is 6.26 Å². The van der Waals surface area contributed by atoms with Crippen molar-refractivity contribution in [1.29, 1.82) is 0 Å². The van der Waals surface area contributed by atoms with Crippen LogP contribution < -0.4 is 5.32 Å². The smallest absolute Gasteiger partial charge is 0.0449 e. The highest BCUT2D eigenvalue weighted by Gasteiger charge is 2.22. The molecule has 0 amide bonds. The molecule has 1 aromatic carbocycles. The predicted molar refractivity (Wildman–Crippen MR) is 81.8 cm³/mol. The Morgan fingerprint density at radius 3 is 2.84 bits per heavy atom. The van der Waals surface area contributed by atoms with Crippen LogP contribution in [0.4, 0.5) is 0 Å². The molecule has 0 bridgehead atoms. The van der Waals surface area contributed by atoms with Gasteiger partial charge in [-0.25, -0.2) is 0 Å². The van der Waals surface area contributed by atoms with Gasteiger partial charge >= 0.3 is 0 Å². The Kier molecular flexibility index (Phi) is 5.55. The molecule has 0 spiro atoms. The highest BCUT2D eigenvalue weighted by atomic mass is 32.2. The zero-order chi connectivity index (χ0) is 13.7. The number of rotatable bonds is 4. The van der Waals surface area contributed by atoms with Gasteiger partial charge in [0.25, 0.3) is 0 Å². The third-order valence-corrected chi connectivity index (χ3v) is 4.68. The van der Waals surface area contributed by atoms with Crippen molar-refractivity contribution >= 4 is 10.8 Å². The van der Waals surface area contributed by atoms with Crippen LogP contribution in [-0.4, -0.2) is 46.8 Å². The first-order valence-corrected chi connectivity index (χ1v) is 8.72. The van der Waals surface area contributed by atoms with E-state index in [-0.39, 0.29) is 0 Å². The molecule has 1 N–H and O–H groups in total. The van der Waals surface area contributed by atoms with Crippen LogP contribution in [0.1, 0.15) is 24.9 Å². The van der Waals surface area contributed by atoms with Gasteiger partial charge in [-0.3, -0.25) is 9.11 Å². The molecule has 4 heteroatoms. The Morgan fingerprint density at radius 2 is 2.16 bits per heavy atom. The predicted octanol–water partition coefficient (Wildman–Crippen LogP) is 1.79. The van der Waals surface area contributed by atoms with E-state index in [9.17, 15) is 4.21 Å². The van der Waals surface area contributed by atoms with Gasteiger partial charge in [0, 0.05) is 41.4 Å². The second-order valence-electron chi connectivity index (χ2n) is 5.35. The fraction of sp³-hybridized carbons (Fsp3) is 0.600. The summed E-state index contributed by atoms with van der Waals surface area (Å²) in [5.74, 6) is 0.765. The topological polar surface area (TPSA) is 32.3 Å². The fourth-order valence-electron chi connectivity index (χ4n) is 2.70. The average molecular weight is 280 g/mol. The van der Waals surface area contributed by atoms with E-state index in [2.05, 4.69) is 47.5 Å². The summed E-state index contributed by atoms with van der Waals surface area (Å²) < 4.78 is 11.4. The van der Waals surface area contributed by atoms with Gasteiger partial charge in [-0.05, 0) is 32.0 Å². The van der Waals surface area contributed by atoms with E-state index in [0.717, 1.165) is 31.8 Å². The highest BCUT2D eigenvalue weighted by Crippen LogP contribution is 2.18. The second-order valence-corrected chi connectivity index (χ2v) is 6.83. The highest BCUT2D eigenvalue weighted by molar-refractivity contribution is 7.84. The van der Waals surface area contributed by atoms with Gasteiger partial charge in [-0.15, -0.1) is 0 Å². The third-order valence-electron chi connectivity index (χ3n) is 3.73. The van der Waals surface area contributed by atoms with Crippen LogP contribution in [0.25, 0.3) is 0 Å². The van der Waals surface area contributed by atoms with Crippen LogP contribution in [0.5, 0.6) is 0 Å². The molecular weight excluding hydrogens is 256 g/mol. The van der Waals surface area contributed by atoms with E-state index < -0.39 is 10.8 Å². The number of hydrogen-bond donors (Lipinski definition) is 1. The number of benzene rings is 1. The van der Waals surface area contributed by atoms with Crippen LogP contribution in [0.2, 0.25) is 0 Å². The van der Waals surface area contributed by atoms with Gasteiger partial charge < -0.3 is 5.32 Å². The molecule has 0 saturated carbocycles. The zero-order valence-corrected chi connectivity index (χ0v) is 12.7. The minimum Gasteiger partial charge on any atom is -0.309 e. The van der Waals surface area contributed by atoms with Crippen molar-refractivity contribution in [3.8, 4) is 0 Å². The second kappa shape index (κ2) is 7.17. The Bertz CT molecular complexity index is 410. The lowest BCUT2D eigenvalue weighted by atomic mass is 10.1. The summed E-state index contributed by atoms with van der Waals surface area (Å²) in [5.41, 5.74) is 1.35. The molecule has 0 radical (unpaired) electrons. The fourth-order valence-corrected chi connectivity index (χ4v) is 3.59. The molecule has 19 heavy (non-hydrogen) atoms. The van der Waals surface area contributed by atoms with Crippen molar-refractivity contribution in [3.63, 3.8) is 0 Å². The third kappa shape index (κ3) is 4.41. The summed E-state index contributed by atoms with van der Waals surface area (Å²) in [5, 5.41) is 3.62. The zero-order valence-electron chi connectivity index (χ0n) is 11.8. The maximum Gasteiger partial charge on any atom is 0.0449 e. The maximum atomic E-state index is 11.4. The quantitative estimate of drug-likeness (QED) is 0.912. The summed E-state index contributed by atoms with van der Waals surface area (Å²) in [7, 11) is -0.721. The Balaban J connectivity index is 2.04. The molecule has 1 aliphatic heterocycles. The van der Waals surface area contributed by atoms with Crippen LogP contribution >= 0.6 is 0 Å². The van der Waals surface area contributed by atoms with Crippen molar-refractivity contribution in [2.24, 2.45) is 0 Å². The van der Waals surface area contributed by atoms with Gasteiger partial charge in [0.1, 0.15) is 0 Å². The van der Waals surface area contributed by atoms with E-state index in [0.29, 0.717) is 12.1 Å². The van der Waals surface area contributed by atoms with Crippen molar-refractivity contribution in [2.75, 3.05) is 31.6 Å². The van der Waals surface area contributed by atoms with Gasteiger partial charge in [-0.2, -0.15) is 0 Å². The summed E-state index contributed by atoms with van der Waals surface area (Å²) in [6, 6.07) is 11.4. The summed E-state index contributed by atoms with van der Waals surface area (Å²) in [6.07, 6.45) is 2.95. The number of nitrogens with zero attached hydrogens (tertiary/aromatic N) is 1. The Morgan fingerprint density at radius 1 is 1.42 bits per heavy atom. The SMILES string of the molecule is CC(CS(C)=O)N1CCCNC(c2ccccc2)C1. The van der Waals surface area contributed by atoms with Crippen LogP contribution in [0, 0.1) is 0 Å². The molecule has 1 heterocycles. The van der Waals surface area contributed by atoms with Crippen molar-refractivity contribution in [1.82, 2.24) is 10.2 Å². The molecule has 3 nitrogen and oxygen atoms in total. The summed E-state index contributed by atoms with van der Waals surface area (Å²) in [6.45, 7) is 5.34. The first kappa shape index (κ1) is 14.7. The lowest BCUT2D eigenvalue weighted by Gasteiger charge is -2.29. The Hall–Kier alpha value is -0.710. The van der Waals surface area contributed by atoms with Gasteiger partial charge in [0.2, 0.25) is 0 Å². The Labute approximate surface area is 118 Å². The van der Waals surface area contributed by atoms with E-state index in [4.69, 9.17) is 0 Å². The van der Waals surface area contributed by atoms with Gasteiger partial charge in [0.05, 0.1) is 0 Å². The monoisotopic (exact) mass is 280 g/mol. The maximum absolute atomic E-state index is 11.4. The molecule has 1 aromatic rings. The van der Waals surface area contributed by atoms with Crippen LogP contribution in [0.15, 0.2) is 30.3 Å². The number of nitrogens with one attached hydrogen (secondary N) is 1. The first-order valence-electron chi connectivity index (χ1n) is 6.99. The lowest BCUT2D eigenvalue weighted by Crippen LogP contribution is -2.40. The van der Waals surface area contributed by atoms with E-state index >= 15 is 0 Å². The molecule has 106 valence electrons. The van der Waals surface area contributed by atoms with Crippen LogP contribution in [-0.2, 0) is 10.8 Å². The number of hydrogen-bond acceptors (Lipinski definition) is 3. The largest absolute Gasteiger partial charge is 0.309 e. The molecule has 2 rings (SSSR count). The molecule has 3 unspecified atom stereocenters. The first-order chi connectivity index (χ1) is 9.16. The van der Waals surface area contributed by atoms with E-state index in [1.165, 1.54) is 5.56 Å². The molecule has 1 saturated heterocycles. The average Bonchev–Trinajstić information content (AvgIpc) is 2.65. The molecule has 1 aliphatic rings. The minimum atomic E-state index is -0.721. The lowest BCUT2D eigenvalue weighted by molar-refractivity contribution is 0.221. The van der Waals surface area contributed by atoms with Crippen molar-refractivity contribution < 1.29 is 4.21 Å². The summed E-state index contributed by atoms with van der Waals surface area (Å²) in [4.78, 5) is 2.47. The van der Waals surface area contributed by atoms with Gasteiger partial charge in [-0.1, -0.05) is 30.3 Å². The molecule has 0 aromatic heterocycles. The van der Waals surface area contributed by atoms with Gasteiger partial charge in [0.15, 0.2) is 0 Å². The molecule has 1 fully saturated rings. The molecule has 0 aliphatic carbocycles. The van der Waals surface area contributed by atoms with Crippen LogP contribution in [0.3, 0.4) is 0 Å². The normalized spacial score (nSPS) is 24.6.